The average Bonchev–Trinajstić information content (AvgIpc) is 3.19. The van der Waals surface area contributed by atoms with Gasteiger partial charge in [0.25, 0.3) is 0 Å². The van der Waals surface area contributed by atoms with E-state index in [4.69, 9.17) is 13.6 Å². The van der Waals surface area contributed by atoms with Gasteiger partial charge in [0, 0.05) is 6.54 Å². The van der Waals surface area contributed by atoms with E-state index in [2.05, 4.69) is 67.7 Å². The van der Waals surface area contributed by atoms with Gasteiger partial charge in [-0.25, -0.2) is 4.79 Å². The number of hydrogen-bond acceptors (Lipinski definition) is 4. The van der Waals surface area contributed by atoms with Crippen molar-refractivity contribution in [2.24, 2.45) is 0 Å². The van der Waals surface area contributed by atoms with Gasteiger partial charge < -0.3 is 13.6 Å². The van der Waals surface area contributed by atoms with E-state index in [1.807, 2.05) is 20.8 Å². The standard InChI is InChI=1S/C21H45NO4Si2/c1-19(2,3)25-18(23)22-14-16(22)17(26-28(12,13)21(7,8)9)15-24-27(10,11)20(4,5)6/h16-17H,14-15H2,1-13H3/t16?,17-,22?/m1/s1. The van der Waals surface area contributed by atoms with Crippen LogP contribution < -0.4 is 0 Å². The first-order chi connectivity index (χ1) is 12.2. The molecule has 0 saturated carbocycles. The zero-order valence-corrected chi connectivity index (χ0v) is 22.6. The summed E-state index contributed by atoms with van der Waals surface area (Å²) in [6.45, 7) is 29.4. The average molecular weight is 432 g/mol. The van der Waals surface area contributed by atoms with Crippen molar-refractivity contribution in [2.45, 2.75) is 116 Å². The van der Waals surface area contributed by atoms with Gasteiger partial charge in [-0.15, -0.1) is 0 Å². The molecule has 1 saturated heterocycles. The fraction of sp³-hybridized carbons (Fsp3) is 0.952. The summed E-state index contributed by atoms with van der Waals surface area (Å²) in [5.41, 5.74) is -0.488. The van der Waals surface area contributed by atoms with E-state index in [9.17, 15) is 4.79 Å². The summed E-state index contributed by atoms with van der Waals surface area (Å²) in [6, 6.07) is 0.0359. The van der Waals surface area contributed by atoms with Crippen LogP contribution in [0.5, 0.6) is 0 Å². The van der Waals surface area contributed by atoms with Crippen LogP contribution in [-0.4, -0.2) is 58.5 Å². The second-order valence-electron chi connectivity index (χ2n) is 12.2. The maximum Gasteiger partial charge on any atom is 0.410 e. The molecule has 1 aliphatic heterocycles. The Morgan fingerprint density at radius 2 is 1.39 bits per heavy atom. The normalized spacial score (nSPS) is 20.2. The number of ether oxygens (including phenoxy) is 1. The van der Waals surface area contributed by atoms with Crippen LogP contribution in [0.4, 0.5) is 4.79 Å². The summed E-state index contributed by atoms with van der Waals surface area (Å²) in [7, 11) is -3.88. The van der Waals surface area contributed by atoms with Crippen molar-refractivity contribution < 1.29 is 18.4 Å². The lowest BCUT2D eigenvalue weighted by molar-refractivity contribution is 0.0341. The molecule has 0 spiro atoms. The minimum absolute atomic E-state index is 0.0359. The molecule has 0 aliphatic carbocycles. The Morgan fingerprint density at radius 1 is 0.929 bits per heavy atom. The summed E-state index contributed by atoms with van der Waals surface area (Å²) < 4.78 is 18.8. The molecule has 1 rings (SSSR count). The largest absolute Gasteiger partial charge is 0.444 e. The van der Waals surface area contributed by atoms with Gasteiger partial charge in [-0.1, -0.05) is 41.5 Å². The maximum atomic E-state index is 12.5. The van der Waals surface area contributed by atoms with Crippen LogP contribution in [0.2, 0.25) is 36.3 Å². The van der Waals surface area contributed by atoms with Crippen LogP contribution in [0.15, 0.2) is 0 Å². The molecule has 0 radical (unpaired) electrons. The molecule has 5 nitrogen and oxygen atoms in total. The molecule has 28 heavy (non-hydrogen) atoms. The molecular formula is C21H45NO4Si2. The molecule has 0 aromatic carbocycles. The quantitative estimate of drug-likeness (QED) is 0.381. The molecule has 1 amide bonds. The smallest absolute Gasteiger partial charge is 0.410 e. The highest BCUT2D eigenvalue weighted by Crippen LogP contribution is 2.41. The molecule has 1 heterocycles. The number of rotatable bonds is 6. The molecule has 0 bridgehead atoms. The van der Waals surface area contributed by atoms with Crippen molar-refractivity contribution in [3.05, 3.63) is 0 Å². The van der Waals surface area contributed by atoms with E-state index >= 15 is 0 Å². The maximum absolute atomic E-state index is 12.5. The van der Waals surface area contributed by atoms with E-state index in [-0.39, 0.29) is 28.3 Å². The fourth-order valence-electron chi connectivity index (χ4n) is 2.29. The van der Waals surface area contributed by atoms with Crippen molar-refractivity contribution in [3.63, 3.8) is 0 Å². The Bertz CT molecular complexity index is 556. The van der Waals surface area contributed by atoms with Crippen molar-refractivity contribution in [3.8, 4) is 0 Å². The first kappa shape index (κ1) is 25.7. The van der Waals surface area contributed by atoms with Crippen LogP contribution >= 0.6 is 0 Å². The van der Waals surface area contributed by atoms with Gasteiger partial charge in [-0.2, -0.15) is 0 Å². The number of carbonyl (C=O) groups is 1. The lowest BCUT2D eigenvalue weighted by atomic mass is 10.2. The lowest BCUT2D eigenvalue weighted by Crippen LogP contribution is -2.50. The van der Waals surface area contributed by atoms with Gasteiger partial charge in [0.15, 0.2) is 16.6 Å². The van der Waals surface area contributed by atoms with Crippen molar-refractivity contribution in [2.75, 3.05) is 13.2 Å². The van der Waals surface area contributed by atoms with Gasteiger partial charge in [-0.3, -0.25) is 4.90 Å². The number of amides is 1. The van der Waals surface area contributed by atoms with Gasteiger partial charge in [0.05, 0.1) is 18.8 Å². The van der Waals surface area contributed by atoms with Crippen LogP contribution in [0.1, 0.15) is 62.3 Å². The number of hydrogen-bond donors (Lipinski definition) is 0. The van der Waals surface area contributed by atoms with Gasteiger partial charge in [0.2, 0.25) is 0 Å². The van der Waals surface area contributed by atoms with Crippen LogP contribution in [0.3, 0.4) is 0 Å². The molecule has 7 heteroatoms. The van der Waals surface area contributed by atoms with Crippen molar-refractivity contribution in [1.82, 2.24) is 4.90 Å². The van der Waals surface area contributed by atoms with Gasteiger partial charge >= 0.3 is 6.09 Å². The molecule has 1 fully saturated rings. The van der Waals surface area contributed by atoms with Crippen LogP contribution in [-0.2, 0) is 13.6 Å². The van der Waals surface area contributed by atoms with Gasteiger partial charge in [-0.05, 0) is 57.0 Å². The molecule has 0 aromatic heterocycles. The van der Waals surface area contributed by atoms with E-state index in [0.29, 0.717) is 13.2 Å². The Kier molecular flexibility index (Phi) is 7.37. The summed E-state index contributed by atoms with van der Waals surface area (Å²) in [5.74, 6) is 0. The SMILES string of the molecule is CC(C)(C)OC(=O)N1CC1[C@@H](CO[Si](C)(C)C(C)(C)C)O[Si](C)(C)C(C)(C)C. The molecule has 1 unspecified atom stereocenters. The summed E-state index contributed by atoms with van der Waals surface area (Å²) in [6.07, 6.45) is -0.365. The van der Waals surface area contributed by atoms with Crippen LogP contribution in [0.25, 0.3) is 0 Å². The highest BCUT2D eigenvalue weighted by Gasteiger charge is 2.51. The predicted molar refractivity (Wildman–Crippen MR) is 122 cm³/mol. The van der Waals surface area contributed by atoms with E-state index in [1.165, 1.54) is 0 Å². The zero-order chi connectivity index (χ0) is 22.3. The Labute approximate surface area is 175 Å². The molecule has 1 aliphatic rings. The third kappa shape index (κ3) is 6.85. The Morgan fingerprint density at radius 3 is 1.79 bits per heavy atom. The lowest BCUT2D eigenvalue weighted by Gasteiger charge is -2.41. The molecular weight excluding hydrogens is 386 g/mol. The predicted octanol–water partition coefficient (Wildman–Crippen LogP) is 6.02. The second kappa shape index (κ2) is 8.04. The fourth-order valence-corrected chi connectivity index (χ4v) is 4.64. The topological polar surface area (TPSA) is 47.8 Å². The molecule has 2 atom stereocenters. The third-order valence-corrected chi connectivity index (χ3v) is 15.4. The molecule has 0 aromatic rings. The number of carbonyl (C=O) groups excluding carboxylic acids is 1. The minimum Gasteiger partial charge on any atom is -0.444 e. The Hall–Kier alpha value is -0.376. The van der Waals surface area contributed by atoms with Crippen molar-refractivity contribution in [1.29, 1.82) is 0 Å². The van der Waals surface area contributed by atoms with E-state index < -0.39 is 22.2 Å². The minimum atomic E-state index is -1.99. The first-order valence-corrected chi connectivity index (χ1v) is 16.3. The molecule has 166 valence electrons. The molecule has 0 N–H and O–H groups in total. The third-order valence-electron chi connectivity index (χ3n) is 6.37. The monoisotopic (exact) mass is 431 g/mol. The Balaban J connectivity index is 2.94. The first-order valence-electron chi connectivity index (χ1n) is 10.5. The second-order valence-corrected chi connectivity index (χ2v) is 21.8. The van der Waals surface area contributed by atoms with E-state index in [0.717, 1.165) is 0 Å². The van der Waals surface area contributed by atoms with Gasteiger partial charge in [0.1, 0.15) is 5.60 Å². The zero-order valence-electron chi connectivity index (χ0n) is 20.6. The van der Waals surface area contributed by atoms with Crippen molar-refractivity contribution >= 4 is 22.7 Å². The highest BCUT2D eigenvalue weighted by atomic mass is 28.4. The summed E-state index contributed by atoms with van der Waals surface area (Å²) >= 11 is 0. The number of nitrogens with zero attached hydrogens (tertiary/aromatic N) is 1. The highest BCUT2D eigenvalue weighted by molar-refractivity contribution is 6.74. The van der Waals surface area contributed by atoms with E-state index in [1.54, 1.807) is 4.90 Å². The summed E-state index contributed by atoms with van der Waals surface area (Å²) in [5, 5.41) is 0.247. The summed E-state index contributed by atoms with van der Waals surface area (Å²) in [4.78, 5) is 14.3. The van der Waals surface area contributed by atoms with Crippen LogP contribution in [0, 0.1) is 0 Å².